The summed E-state index contributed by atoms with van der Waals surface area (Å²) in [6.45, 7) is 4.23. The molecule has 0 aliphatic heterocycles. The molecular weight excluding hydrogens is 236 g/mol. The molecule has 0 saturated heterocycles. The van der Waals surface area contributed by atoms with Crippen molar-refractivity contribution < 1.29 is 9.59 Å². The number of rotatable bonds is 5. The number of benzene rings is 1. The Morgan fingerprint density at radius 1 is 1.26 bits per heavy atom. The molecule has 19 heavy (non-hydrogen) atoms. The van der Waals surface area contributed by atoms with Crippen molar-refractivity contribution in [2.75, 3.05) is 0 Å². The number of carbonyl (C=O) groups is 2. The number of Topliss-reactive ketones (excluding diaryl/α,β-unsaturated/α-hetero) is 2. The van der Waals surface area contributed by atoms with E-state index in [1.54, 1.807) is 0 Å². The van der Waals surface area contributed by atoms with E-state index in [0.29, 0.717) is 18.8 Å². The van der Waals surface area contributed by atoms with Gasteiger partial charge in [-0.25, -0.2) is 0 Å². The molecule has 0 amide bonds. The van der Waals surface area contributed by atoms with Gasteiger partial charge in [0.15, 0.2) is 5.78 Å². The smallest absolute Gasteiger partial charge is 0.173 e. The summed E-state index contributed by atoms with van der Waals surface area (Å²) in [4.78, 5) is 24.6. The summed E-state index contributed by atoms with van der Waals surface area (Å²) in [6.07, 6.45) is 4.32. The summed E-state index contributed by atoms with van der Waals surface area (Å²) >= 11 is 0. The number of hydrogen-bond acceptors (Lipinski definition) is 2. The molecule has 0 heterocycles. The van der Waals surface area contributed by atoms with Crippen LogP contribution in [-0.2, 0) is 4.79 Å². The topological polar surface area (TPSA) is 34.1 Å². The number of ketones is 2. The van der Waals surface area contributed by atoms with Crippen LogP contribution in [0.4, 0.5) is 0 Å². The zero-order chi connectivity index (χ0) is 13.8. The Morgan fingerprint density at radius 2 is 2.00 bits per heavy atom. The van der Waals surface area contributed by atoms with Gasteiger partial charge in [-0.3, -0.25) is 9.59 Å². The van der Waals surface area contributed by atoms with Crippen LogP contribution in [-0.4, -0.2) is 11.6 Å². The minimum atomic E-state index is -0.401. The third kappa shape index (κ3) is 2.94. The predicted octanol–water partition coefficient (Wildman–Crippen LogP) is 4.14. The summed E-state index contributed by atoms with van der Waals surface area (Å²) in [6, 6.07) is 7.72. The van der Waals surface area contributed by atoms with E-state index in [9.17, 15) is 9.59 Å². The lowest BCUT2D eigenvalue weighted by Crippen LogP contribution is -2.30. The first-order valence-corrected chi connectivity index (χ1v) is 7.31. The summed E-state index contributed by atoms with van der Waals surface area (Å²) in [5.41, 5.74) is 1.86. The van der Waals surface area contributed by atoms with Gasteiger partial charge in [-0.15, -0.1) is 0 Å². The highest BCUT2D eigenvalue weighted by Gasteiger charge is 2.35. The largest absolute Gasteiger partial charge is 0.299 e. The van der Waals surface area contributed by atoms with E-state index < -0.39 is 5.92 Å². The Bertz CT molecular complexity index is 476. The van der Waals surface area contributed by atoms with E-state index in [1.165, 1.54) is 0 Å². The fourth-order valence-corrected chi connectivity index (χ4v) is 2.93. The molecule has 2 heteroatoms. The molecule has 0 bridgehead atoms. The van der Waals surface area contributed by atoms with Gasteiger partial charge in [0.25, 0.3) is 0 Å². The summed E-state index contributed by atoms with van der Waals surface area (Å²) in [7, 11) is 0. The van der Waals surface area contributed by atoms with Gasteiger partial charge in [0.1, 0.15) is 5.78 Å². The Kier molecular flexibility index (Phi) is 4.52. The van der Waals surface area contributed by atoms with Crippen LogP contribution in [0.25, 0.3) is 0 Å². The zero-order valence-corrected chi connectivity index (χ0v) is 11.8. The molecule has 102 valence electrons. The standard InChI is InChI=1S/C17H22O2/c1-3-4-5-10-16(18)15-11-12(2)13-8-6-7-9-14(13)17(15)19/h6-9,12,15H,3-5,10-11H2,1-2H3. The minimum absolute atomic E-state index is 0.0372. The molecule has 2 atom stereocenters. The molecule has 0 N–H and O–H groups in total. The molecule has 0 saturated carbocycles. The summed E-state index contributed by atoms with van der Waals surface area (Å²) in [5.74, 6) is 0.0748. The predicted molar refractivity (Wildman–Crippen MR) is 76.4 cm³/mol. The van der Waals surface area contributed by atoms with E-state index in [1.807, 2.05) is 24.3 Å². The quantitative estimate of drug-likeness (QED) is 0.587. The van der Waals surface area contributed by atoms with E-state index in [-0.39, 0.29) is 11.6 Å². The molecule has 1 aliphatic rings. The maximum absolute atomic E-state index is 12.4. The Labute approximate surface area is 115 Å². The van der Waals surface area contributed by atoms with Gasteiger partial charge in [0.2, 0.25) is 0 Å². The molecule has 1 aromatic rings. The van der Waals surface area contributed by atoms with Crippen molar-refractivity contribution in [2.24, 2.45) is 5.92 Å². The van der Waals surface area contributed by atoms with E-state index in [0.717, 1.165) is 30.4 Å². The van der Waals surface area contributed by atoms with Crippen LogP contribution in [0.3, 0.4) is 0 Å². The molecular formula is C17H22O2. The summed E-state index contributed by atoms with van der Waals surface area (Å²) < 4.78 is 0. The minimum Gasteiger partial charge on any atom is -0.299 e. The maximum Gasteiger partial charge on any atom is 0.173 e. The Morgan fingerprint density at radius 3 is 2.74 bits per heavy atom. The van der Waals surface area contributed by atoms with Crippen molar-refractivity contribution in [2.45, 2.75) is 51.9 Å². The maximum atomic E-state index is 12.4. The third-order valence-electron chi connectivity index (χ3n) is 4.08. The van der Waals surface area contributed by atoms with Gasteiger partial charge in [0.05, 0.1) is 5.92 Å². The molecule has 1 aliphatic carbocycles. The Balaban J connectivity index is 2.13. The highest BCUT2D eigenvalue weighted by molar-refractivity contribution is 6.12. The molecule has 2 nitrogen and oxygen atoms in total. The second kappa shape index (κ2) is 6.14. The second-order valence-corrected chi connectivity index (χ2v) is 5.56. The monoisotopic (exact) mass is 258 g/mol. The average molecular weight is 258 g/mol. The van der Waals surface area contributed by atoms with Crippen LogP contribution in [0, 0.1) is 5.92 Å². The summed E-state index contributed by atoms with van der Waals surface area (Å²) in [5, 5.41) is 0. The lowest BCUT2D eigenvalue weighted by Gasteiger charge is -2.27. The molecule has 0 aromatic heterocycles. The normalized spacial score (nSPS) is 22.1. The van der Waals surface area contributed by atoms with E-state index in [2.05, 4.69) is 13.8 Å². The number of carbonyl (C=O) groups excluding carboxylic acids is 2. The zero-order valence-electron chi connectivity index (χ0n) is 11.8. The first-order chi connectivity index (χ1) is 9.15. The number of hydrogen-bond donors (Lipinski definition) is 0. The van der Waals surface area contributed by atoms with Gasteiger partial charge in [-0.1, -0.05) is 51.0 Å². The second-order valence-electron chi connectivity index (χ2n) is 5.56. The Hall–Kier alpha value is -1.44. The van der Waals surface area contributed by atoms with Crippen molar-refractivity contribution in [3.63, 3.8) is 0 Å². The highest BCUT2D eigenvalue weighted by Crippen LogP contribution is 2.35. The lowest BCUT2D eigenvalue weighted by molar-refractivity contribution is -0.122. The van der Waals surface area contributed by atoms with Crippen molar-refractivity contribution in [3.8, 4) is 0 Å². The fourth-order valence-electron chi connectivity index (χ4n) is 2.93. The molecule has 2 rings (SSSR count). The molecule has 1 aromatic carbocycles. The van der Waals surface area contributed by atoms with Gasteiger partial charge in [-0.05, 0) is 24.3 Å². The van der Waals surface area contributed by atoms with Gasteiger partial charge in [0, 0.05) is 12.0 Å². The number of fused-ring (bicyclic) bond motifs is 1. The van der Waals surface area contributed by atoms with Crippen molar-refractivity contribution in [1.82, 2.24) is 0 Å². The van der Waals surface area contributed by atoms with Gasteiger partial charge >= 0.3 is 0 Å². The van der Waals surface area contributed by atoms with Crippen LogP contribution in [0.2, 0.25) is 0 Å². The lowest BCUT2D eigenvalue weighted by atomic mass is 9.74. The third-order valence-corrected chi connectivity index (χ3v) is 4.08. The van der Waals surface area contributed by atoms with Crippen molar-refractivity contribution in [1.29, 1.82) is 0 Å². The van der Waals surface area contributed by atoms with Crippen LogP contribution >= 0.6 is 0 Å². The van der Waals surface area contributed by atoms with E-state index in [4.69, 9.17) is 0 Å². The molecule has 2 unspecified atom stereocenters. The highest BCUT2D eigenvalue weighted by atomic mass is 16.1. The van der Waals surface area contributed by atoms with E-state index >= 15 is 0 Å². The first kappa shape index (κ1) is 14.0. The van der Waals surface area contributed by atoms with Crippen LogP contribution < -0.4 is 0 Å². The first-order valence-electron chi connectivity index (χ1n) is 7.31. The van der Waals surface area contributed by atoms with Crippen LogP contribution in [0.1, 0.15) is 67.8 Å². The van der Waals surface area contributed by atoms with Crippen molar-refractivity contribution in [3.05, 3.63) is 35.4 Å². The SMILES string of the molecule is CCCCCC(=O)C1CC(C)c2ccccc2C1=O. The molecule has 0 fully saturated rings. The number of unbranched alkanes of at least 4 members (excludes halogenated alkanes) is 2. The fraction of sp³-hybridized carbons (Fsp3) is 0.529. The van der Waals surface area contributed by atoms with Crippen LogP contribution in [0.5, 0.6) is 0 Å². The molecule has 0 spiro atoms. The van der Waals surface area contributed by atoms with Crippen molar-refractivity contribution >= 4 is 11.6 Å². The van der Waals surface area contributed by atoms with Crippen LogP contribution in [0.15, 0.2) is 24.3 Å². The average Bonchev–Trinajstić information content (AvgIpc) is 2.43. The van der Waals surface area contributed by atoms with Gasteiger partial charge < -0.3 is 0 Å². The van der Waals surface area contributed by atoms with Gasteiger partial charge in [-0.2, -0.15) is 0 Å². The molecule has 0 radical (unpaired) electrons.